The molecule has 2 aromatic heterocycles. The van der Waals surface area contributed by atoms with Gasteiger partial charge in [-0.25, -0.2) is 4.98 Å². The first-order chi connectivity index (χ1) is 6.25. The van der Waals surface area contributed by atoms with Crippen LogP contribution in [0.2, 0.25) is 0 Å². The molecule has 0 saturated heterocycles. The second-order valence-corrected chi connectivity index (χ2v) is 3.76. The van der Waals surface area contributed by atoms with Gasteiger partial charge >= 0.3 is 0 Å². The van der Waals surface area contributed by atoms with Gasteiger partial charge in [0.05, 0.1) is 6.42 Å². The normalized spacial score (nSPS) is 10.5. The van der Waals surface area contributed by atoms with Crippen molar-refractivity contribution in [2.75, 3.05) is 5.73 Å². The number of aryl methyl sites for hydroxylation is 1. The molecule has 0 aliphatic heterocycles. The van der Waals surface area contributed by atoms with E-state index < -0.39 is 0 Å². The molecule has 0 aromatic carbocycles. The van der Waals surface area contributed by atoms with E-state index in [1.54, 1.807) is 6.20 Å². The Labute approximate surface area is 79.2 Å². The molecule has 0 spiro atoms. The van der Waals surface area contributed by atoms with E-state index >= 15 is 0 Å². The maximum absolute atomic E-state index is 5.46. The monoisotopic (exact) mass is 195 g/mol. The van der Waals surface area contributed by atoms with E-state index in [-0.39, 0.29) is 0 Å². The second kappa shape index (κ2) is 3.14. The van der Waals surface area contributed by atoms with Crippen molar-refractivity contribution in [1.29, 1.82) is 0 Å². The van der Waals surface area contributed by atoms with Crippen LogP contribution < -0.4 is 5.73 Å². The van der Waals surface area contributed by atoms with E-state index in [1.807, 2.05) is 17.8 Å². The van der Waals surface area contributed by atoms with Crippen molar-refractivity contribution in [1.82, 2.24) is 19.7 Å². The van der Waals surface area contributed by atoms with Gasteiger partial charge in [-0.1, -0.05) is 11.3 Å². The summed E-state index contributed by atoms with van der Waals surface area (Å²) in [6.45, 7) is 0. The van der Waals surface area contributed by atoms with Crippen molar-refractivity contribution in [3.63, 3.8) is 0 Å². The number of aromatic nitrogens is 4. The second-order valence-electron chi connectivity index (χ2n) is 2.67. The van der Waals surface area contributed by atoms with Crippen LogP contribution in [0.4, 0.5) is 5.13 Å². The lowest BCUT2D eigenvalue weighted by Gasteiger charge is -1.96. The van der Waals surface area contributed by atoms with Gasteiger partial charge < -0.3 is 10.3 Å². The minimum absolute atomic E-state index is 0.504. The van der Waals surface area contributed by atoms with Crippen molar-refractivity contribution >= 4 is 16.5 Å². The van der Waals surface area contributed by atoms with E-state index in [9.17, 15) is 0 Å². The molecule has 0 atom stereocenters. The van der Waals surface area contributed by atoms with Gasteiger partial charge in [0.2, 0.25) is 5.13 Å². The highest BCUT2D eigenvalue weighted by Gasteiger charge is 2.05. The van der Waals surface area contributed by atoms with Crippen LogP contribution in [0.25, 0.3) is 0 Å². The van der Waals surface area contributed by atoms with Crippen molar-refractivity contribution in [3.05, 3.63) is 23.2 Å². The summed E-state index contributed by atoms with van der Waals surface area (Å²) < 4.78 is 1.96. The van der Waals surface area contributed by atoms with Crippen LogP contribution in [0.3, 0.4) is 0 Å². The lowest BCUT2D eigenvalue weighted by atomic mass is 10.4. The fourth-order valence-corrected chi connectivity index (χ4v) is 1.65. The summed E-state index contributed by atoms with van der Waals surface area (Å²) in [4.78, 5) is 4.18. The Morgan fingerprint density at radius 3 is 2.92 bits per heavy atom. The van der Waals surface area contributed by atoms with Crippen molar-refractivity contribution in [2.24, 2.45) is 7.05 Å². The van der Waals surface area contributed by atoms with E-state index in [4.69, 9.17) is 5.73 Å². The number of imidazole rings is 1. The number of hydrogen-bond donors (Lipinski definition) is 1. The van der Waals surface area contributed by atoms with Crippen molar-refractivity contribution in [2.45, 2.75) is 6.42 Å². The maximum Gasteiger partial charge on any atom is 0.203 e. The third-order valence-electron chi connectivity index (χ3n) is 1.71. The lowest BCUT2D eigenvalue weighted by molar-refractivity contribution is 0.812. The summed E-state index contributed by atoms with van der Waals surface area (Å²) >= 11 is 1.40. The highest BCUT2D eigenvalue weighted by atomic mass is 32.1. The molecular formula is C7H9N5S. The Balaban J connectivity index is 2.19. The first-order valence-electron chi connectivity index (χ1n) is 3.80. The third kappa shape index (κ3) is 1.67. The molecule has 0 fully saturated rings. The summed E-state index contributed by atoms with van der Waals surface area (Å²) in [5.41, 5.74) is 5.46. The highest BCUT2D eigenvalue weighted by molar-refractivity contribution is 7.15. The SMILES string of the molecule is Cn1ccnc1Cc1nnc(N)s1. The summed E-state index contributed by atoms with van der Waals surface area (Å²) in [5, 5.41) is 9.06. The Bertz CT molecular complexity index is 404. The molecule has 68 valence electrons. The summed E-state index contributed by atoms with van der Waals surface area (Å²) in [5.74, 6) is 0.969. The van der Waals surface area contributed by atoms with Crippen LogP contribution >= 0.6 is 11.3 Å². The molecule has 0 amide bonds. The molecule has 0 radical (unpaired) electrons. The molecule has 2 N–H and O–H groups in total. The zero-order valence-corrected chi connectivity index (χ0v) is 7.95. The minimum atomic E-state index is 0.504. The van der Waals surface area contributed by atoms with E-state index in [0.717, 1.165) is 10.8 Å². The first kappa shape index (κ1) is 8.18. The van der Waals surface area contributed by atoms with Crippen molar-refractivity contribution in [3.8, 4) is 0 Å². The van der Waals surface area contributed by atoms with Crippen LogP contribution in [-0.4, -0.2) is 19.7 Å². The standard InChI is InChI=1S/C7H9N5S/c1-12-3-2-9-5(12)4-6-10-11-7(8)13-6/h2-3H,4H2,1H3,(H2,8,11). The molecule has 0 aliphatic carbocycles. The minimum Gasteiger partial charge on any atom is -0.374 e. The molecule has 2 heterocycles. The predicted molar refractivity (Wildman–Crippen MR) is 50.3 cm³/mol. The lowest BCUT2D eigenvalue weighted by Crippen LogP contribution is -1.97. The molecule has 0 saturated carbocycles. The van der Waals surface area contributed by atoms with Gasteiger partial charge in [-0.3, -0.25) is 0 Å². The molecular weight excluding hydrogens is 186 g/mol. The van der Waals surface area contributed by atoms with Gasteiger partial charge in [-0.05, 0) is 0 Å². The Morgan fingerprint density at radius 1 is 1.54 bits per heavy atom. The summed E-state index contributed by atoms with van der Waals surface area (Å²) in [6, 6.07) is 0. The van der Waals surface area contributed by atoms with Gasteiger partial charge in [-0.2, -0.15) is 0 Å². The molecule has 6 heteroatoms. The number of hydrogen-bond acceptors (Lipinski definition) is 5. The predicted octanol–water partition coefficient (Wildman–Crippen LogP) is 0.445. The maximum atomic E-state index is 5.46. The zero-order valence-electron chi connectivity index (χ0n) is 7.14. The summed E-state index contributed by atoms with van der Waals surface area (Å²) in [7, 11) is 1.95. The van der Waals surface area contributed by atoms with E-state index in [0.29, 0.717) is 11.6 Å². The van der Waals surface area contributed by atoms with Crippen LogP contribution in [0.5, 0.6) is 0 Å². The van der Waals surface area contributed by atoms with Crippen LogP contribution in [0.15, 0.2) is 12.4 Å². The fraction of sp³-hybridized carbons (Fsp3) is 0.286. The molecule has 2 aromatic rings. The van der Waals surface area contributed by atoms with Crippen LogP contribution in [-0.2, 0) is 13.5 Å². The average Bonchev–Trinajstić information content (AvgIpc) is 2.64. The van der Waals surface area contributed by atoms with Crippen molar-refractivity contribution < 1.29 is 0 Å². The smallest absolute Gasteiger partial charge is 0.203 e. The average molecular weight is 195 g/mol. The first-order valence-corrected chi connectivity index (χ1v) is 4.61. The Hall–Kier alpha value is -1.43. The van der Waals surface area contributed by atoms with Gasteiger partial charge in [0, 0.05) is 19.4 Å². The Morgan fingerprint density at radius 2 is 2.38 bits per heavy atom. The number of nitrogens with two attached hydrogens (primary N) is 1. The molecule has 13 heavy (non-hydrogen) atoms. The van der Waals surface area contributed by atoms with E-state index in [2.05, 4.69) is 15.2 Å². The molecule has 0 aliphatic rings. The zero-order chi connectivity index (χ0) is 9.26. The van der Waals surface area contributed by atoms with Gasteiger partial charge in [-0.15, -0.1) is 10.2 Å². The van der Waals surface area contributed by atoms with Gasteiger partial charge in [0.1, 0.15) is 10.8 Å². The number of anilines is 1. The fourth-order valence-electron chi connectivity index (χ4n) is 1.04. The highest BCUT2D eigenvalue weighted by Crippen LogP contribution is 2.14. The van der Waals surface area contributed by atoms with Gasteiger partial charge in [0.25, 0.3) is 0 Å². The summed E-state index contributed by atoms with van der Waals surface area (Å²) in [6.07, 6.45) is 4.36. The largest absolute Gasteiger partial charge is 0.374 e. The third-order valence-corrected chi connectivity index (χ3v) is 2.47. The van der Waals surface area contributed by atoms with Crippen LogP contribution in [0, 0.1) is 0 Å². The number of rotatable bonds is 2. The van der Waals surface area contributed by atoms with E-state index in [1.165, 1.54) is 11.3 Å². The Kier molecular flexibility index (Phi) is 1.97. The van der Waals surface area contributed by atoms with Gasteiger partial charge in [0.15, 0.2) is 0 Å². The molecule has 2 rings (SSSR count). The molecule has 0 bridgehead atoms. The number of nitrogen functional groups attached to an aromatic ring is 1. The molecule has 5 nitrogen and oxygen atoms in total. The molecule has 0 unspecified atom stereocenters. The number of nitrogens with zero attached hydrogens (tertiary/aromatic N) is 4. The van der Waals surface area contributed by atoms with Crippen LogP contribution in [0.1, 0.15) is 10.8 Å². The quantitative estimate of drug-likeness (QED) is 0.755. The topological polar surface area (TPSA) is 69.6 Å².